The predicted octanol–water partition coefficient (Wildman–Crippen LogP) is -0.588. The number of aromatic nitrogens is 3. The van der Waals surface area contributed by atoms with Crippen LogP contribution < -0.4 is 5.32 Å². The molecule has 7 heteroatoms. The smallest absolute Gasteiger partial charge is 0.293 e. The molecule has 1 saturated carbocycles. The standard InChI is InChI=1S/C13H20N6O/c20-13(12-15-11(16-17-12)9-1-2-9)19-7-10(8-19)18-5-3-14-4-6-18/h9-10,14H,1-8H2,(H,15,16,17). The molecule has 4 rings (SSSR count). The van der Waals surface area contributed by atoms with Crippen molar-refractivity contribution in [3.8, 4) is 0 Å². The number of amides is 1. The van der Waals surface area contributed by atoms with Crippen LogP contribution in [-0.2, 0) is 0 Å². The Labute approximate surface area is 117 Å². The Hall–Kier alpha value is -1.47. The molecule has 0 unspecified atom stereocenters. The lowest BCUT2D eigenvalue weighted by Gasteiger charge is -2.46. The monoisotopic (exact) mass is 276 g/mol. The van der Waals surface area contributed by atoms with Gasteiger partial charge >= 0.3 is 0 Å². The van der Waals surface area contributed by atoms with Crippen LogP contribution in [0.25, 0.3) is 0 Å². The number of piperazine rings is 1. The summed E-state index contributed by atoms with van der Waals surface area (Å²) >= 11 is 0. The van der Waals surface area contributed by atoms with Gasteiger partial charge in [0.2, 0.25) is 5.82 Å². The largest absolute Gasteiger partial charge is 0.333 e. The Balaban J connectivity index is 1.33. The van der Waals surface area contributed by atoms with Gasteiger partial charge in [-0.2, -0.15) is 0 Å². The summed E-state index contributed by atoms with van der Waals surface area (Å²) in [6.07, 6.45) is 2.33. The second-order valence-electron chi connectivity index (χ2n) is 5.97. The lowest BCUT2D eigenvalue weighted by Crippen LogP contribution is -2.64. The van der Waals surface area contributed by atoms with Gasteiger partial charge in [0.25, 0.3) is 5.91 Å². The first-order valence-electron chi connectivity index (χ1n) is 7.47. The van der Waals surface area contributed by atoms with Crippen LogP contribution in [0.2, 0.25) is 0 Å². The maximum Gasteiger partial charge on any atom is 0.293 e. The predicted molar refractivity (Wildman–Crippen MR) is 72.5 cm³/mol. The molecule has 1 aromatic rings. The quantitative estimate of drug-likeness (QED) is 0.772. The van der Waals surface area contributed by atoms with E-state index in [2.05, 4.69) is 25.4 Å². The molecule has 0 radical (unpaired) electrons. The highest BCUT2D eigenvalue weighted by molar-refractivity contribution is 5.91. The Morgan fingerprint density at radius 1 is 1.20 bits per heavy atom. The van der Waals surface area contributed by atoms with Gasteiger partial charge in [-0.3, -0.25) is 14.8 Å². The molecule has 3 fully saturated rings. The van der Waals surface area contributed by atoms with Gasteiger partial charge < -0.3 is 10.2 Å². The zero-order valence-electron chi connectivity index (χ0n) is 11.5. The molecule has 0 atom stereocenters. The molecule has 108 valence electrons. The molecule has 1 aromatic heterocycles. The van der Waals surface area contributed by atoms with Crippen LogP contribution in [0.4, 0.5) is 0 Å². The van der Waals surface area contributed by atoms with Gasteiger partial charge in [-0.1, -0.05) is 0 Å². The summed E-state index contributed by atoms with van der Waals surface area (Å²) in [6.45, 7) is 5.89. The van der Waals surface area contributed by atoms with E-state index < -0.39 is 0 Å². The van der Waals surface area contributed by atoms with E-state index in [0.717, 1.165) is 57.9 Å². The van der Waals surface area contributed by atoms with Crippen molar-refractivity contribution < 1.29 is 4.79 Å². The first-order valence-corrected chi connectivity index (χ1v) is 7.47. The van der Waals surface area contributed by atoms with Gasteiger partial charge in [0, 0.05) is 51.2 Å². The summed E-state index contributed by atoms with van der Waals surface area (Å²) in [7, 11) is 0. The molecule has 1 aliphatic carbocycles. The second kappa shape index (κ2) is 4.82. The molecule has 2 saturated heterocycles. The van der Waals surface area contributed by atoms with E-state index in [1.54, 1.807) is 0 Å². The third-order valence-corrected chi connectivity index (χ3v) is 4.48. The van der Waals surface area contributed by atoms with Gasteiger partial charge in [-0.15, -0.1) is 5.10 Å². The highest BCUT2D eigenvalue weighted by atomic mass is 16.2. The first kappa shape index (κ1) is 12.3. The van der Waals surface area contributed by atoms with E-state index in [0.29, 0.717) is 17.8 Å². The molecule has 7 nitrogen and oxygen atoms in total. The topological polar surface area (TPSA) is 77.2 Å². The van der Waals surface area contributed by atoms with Gasteiger partial charge in [-0.25, -0.2) is 4.98 Å². The van der Waals surface area contributed by atoms with Gasteiger partial charge in [0.1, 0.15) is 5.82 Å². The molecule has 0 spiro atoms. The minimum absolute atomic E-state index is 0.0282. The number of carbonyl (C=O) groups excluding carboxylic acids is 1. The van der Waals surface area contributed by atoms with Crippen LogP contribution in [-0.4, -0.2) is 76.2 Å². The number of hydrogen-bond acceptors (Lipinski definition) is 5. The summed E-state index contributed by atoms with van der Waals surface area (Å²) in [5.41, 5.74) is 0. The first-order chi connectivity index (χ1) is 9.81. The maximum absolute atomic E-state index is 12.3. The summed E-state index contributed by atoms with van der Waals surface area (Å²) in [4.78, 5) is 20.9. The van der Waals surface area contributed by atoms with Crippen LogP contribution in [0.15, 0.2) is 0 Å². The zero-order valence-corrected chi connectivity index (χ0v) is 11.5. The highest BCUT2D eigenvalue weighted by Crippen LogP contribution is 2.37. The molecular weight excluding hydrogens is 256 g/mol. The SMILES string of the molecule is O=C(c1n[nH]c(C2CC2)n1)N1CC(N2CCNCC2)C1. The fourth-order valence-corrected chi connectivity index (χ4v) is 2.95. The van der Waals surface area contributed by atoms with Crippen LogP contribution in [0.3, 0.4) is 0 Å². The highest BCUT2D eigenvalue weighted by Gasteiger charge is 2.37. The Bertz CT molecular complexity index is 499. The van der Waals surface area contributed by atoms with E-state index in [9.17, 15) is 4.79 Å². The number of hydrogen-bond donors (Lipinski definition) is 2. The van der Waals surface area contributed by atoms with Crippen molar-refractivity contribution in [3.63, 3.8) is 0 Å². The van der Waals surface area contributed by atoms with Crippen LogP contribution in [0.1, 0.15) is 35.2 Å². The number of likely N-dealkylation sites (tertiary alicyclic amines) is 1. The van der Waals surface area contributed by atoms with E-state index in [4.69, 9.17) is 0 Å². The van der Waals surface area contributed by atoms with Crippen LogP contribution in [0.5, 0.6) is 0 Å². The lowest BCUT2D eigenvalue weighted by atomic mass is 10.1. The minimum atomic E-state index is -0.0282. The van der Waals surface area contributed by atoms with Gasteiger partial charge in [0.15, 0.2) is 0 Å². The van der Waals surface area contributed by atoms with Crippen molar-refractivity contribution in [1.82, 2.24) is 30.3 Å². The molecule has 3 heterocycles. The van der Waals surface area contributed by atoms with Crippen molar-refractivity contribution in [3.05, 3.63) is 11.6 Å². The number of rotatable bonds is 3. The van der Waals surface area contributed by atoms with Crippen molar-refractivity contribution in [2.75, 3.05) is 39.3 Å². The van der Waals surface area contributed by atoms with E-state index in [1.165, 1.54) is 0 Å². The van der Waals surface area contributed by atoms with Crippen LogP contribution >= 0.6 is 0 Å². The Morgan fingerprint density at radius 2 is 1.95 bits per heavy atom. The molecule has 0 aromatic carbocycles. The summed E-state index contributed by atoms with van der Waals surface area (Å²) in [6, 6.07) is 0.517. The number of aromatic amines is 1. The Kier molecular flexibility index (Phi) is 2.96. The average molecular weight is 276 g/mol. The molecule has 0 bridgehead atoms. The number of nitrogens with zero attached hydrogens (tertiary/aromatic N) is 4. The average Bonchev–Trinajstić information content (AvgIpc) is 3.16. The van der Waals surface area contributed by atoms with Crippen molar-refractivity contribution >= 4 is 5.91 Å². The van der Waals surface area contributed by atoms with Crippen molar-refractivity contribution in [2.24, 2.45) is 0 Å². The van der Waals surface area contributed by atoms with Crippen molar-refractivity contribution in [2.45, 2.75) is 24.8 Å². The number of nitrogens with one attached hydrogen (secondary N) is 2. The van der Waals surface area contributed by atoms with Crippen molar-refractivity contribution in [1.29, 1.82) is 0 Å². The molecule has 1 amide bonds. The molecule has 2 aliphatic heterocycles. The zero-order chi connectivity index (χ0) is 13.5. The fourth-order valence-electron chi connectivity index (χ4n) is 2.95. The number of H-pyrrole nitrogens is 1. The summed E-state index contributed by atoms with van der Waals surface area (Å²) in [5, 5.41) is 10.3. The molecule has 2 N–H and O–H groups in total. The fraction of sp³-hybridized carbons (Fsp3) is 0.769. The van der Waals surface area contributed by atoms with Gasteiger partial charge in [-0.05, 0) is 12.8 Å². The lowest BCUT2D eigenvalue weighted by molar-refractivity contribution is 0.0218. The third-order valence-electron chi connectivity index (χ3n) is 4.48. The second-order valence-corrected chi connectivity index (χ2v) is 5.97. The third kappa shape index (κ3) is 2.20. The van der Waals surface area contributed by atoms with E-state index in [1.807, 2.05) is 4.90 Å². The van der Waals surface area contributed by atoms with E-state index >= 15 is 0 Å². The Morgan fingerprint density at radius 3 is 2.65 bits per heavy atom. The number of carbonyl (C=O) groups is 1. The summed E-state index contributed by atoms with van der Waals surface area (Å²) in [5.74, 6) is 1.70. The van der Waals surface area contributed by atoms with Crippen LogP contribution in [0, 0.1) is 0 Å². The minimum Gasteiger partial charge on any atom is -0.333 e. The van der Waals surface area contributed by atoms with E-state index in [-0.39, 0.29) is 5.91 Å². The maximum atomic E-state index is 12.3. The normalized spacial score (nSPS) is 24.7. The molecular formula is C13H20N6O. The van der Waals surface area contributed by atoms with Gasteiger partial charge in [0.05, 0.1) is 0 Å². The molecule has 20 heavy (non-hydrogen) atoms. The summed E-state index contributed by atoms with van der Waals surface area (Å²) < 4.78 is 0. The molecule has 3 aliphatic rings.